The molecule has 3 nitrogen and oxygen atoms in total. The van der Waals surface area contributed by atoms with E-state index in [4.69, 9.17) is 9.47 Å². The van der Waals surface area contributed by atoms with Crippen molar-refractivity contribution in [2.75, 3.05) is 19.8 Å². The molecule has 2 rings (SSSR count). The number of ether oxygens (including phenoxy) is 2. The summed E-state index contributed by atoms with van der Waals surface area (Å²) in [4.78, 5) is 4.02. The van der Waals surface area contributed by atoms with Crippen molar-refractivity contribution in [3.63, 3.8) is 0 Å². The number of halogens is 1. The van der Waals surface area contributed by atoms with E-state index < -0.39 is 0 Å². The van der Waals surface area contributed by atoms with Crippen LogP contribution in [0.25, 0.3) is 0 Å². The number of nitrogens with zero attached hydrogens (tertiary/aromatic N) is 1. The number of hydrogen-bond acceptors (Lipinski definition) is 3. The third kappa shape index (κ3) is 2.02. The van der Waals surface area contributed by atoms with Crippen LogP contribution in [0, 0.1) is 5.82 Å². The van der Waals surface area contributed by atoms with E-state index in [-0.39, 0.29) is 11.9 Å². The van der Waals surface area contributed by atoms with Gasteiger partial charge in [-0.05, 0) is 12.1 Å². The molecule has 0 amide bonds. The zero-order valence-electron chi connectivity index (χ0n) is 7.07. The van der Waals surface area contributed by atoms with Gasteiger partial charge in [0.05, 0.1) is 25.5 Å². The van der Waals surface area contributed by atoms with Crippen LogP contribution < -0.4 is 0 Å². The fourth-order valence-corrected chi connectivity index (χ4v) is 1.26. The molecule has 1 aromatic rings. The number of rotatable bonds is 1. The zero-order chi connectivity index (χ0) is 9.10. The zero-order valence-corrected chi connectivity index (χ0v) is 7.07. The highest BCUT2D eigenvalue weighted by Crippen LogP contribution is 2.18. The minimum absolute atomic E-state index is 0.218. The first-order chi connectivity index (χ1) is 6.36. The number of pyridine rings is 1. The molecular weight excluding hydrogens is 173 g/mol. The molecule has 0 aromatic carbocycles. The minimum atomic E-state index is -0.292. The van der Waals surface area contributed by atoms with E-state index in [0.29, 0.717) is 25.5 Å². The molecule has 1 aliphatic heterocycles. The highest BCUT2D eigenvalue weighted by Gasteiger charge is 2.17. The average molecular weight is 183 g/mol. The lowest BCUT2D eigenvalue weighted by molar-refractivity contribution is -0.0918. The maximum atomic E-state index is 12.8. The molecule has 1 aliphatic rings. The van der Waals surface area contributed by atoms with Gasteiger partial charge < -0.3 is 9.47 Å². The van der Waals surface area contributed by atoms with Crippen LogP contribution in [0.1, 0.15) is 11.8 Å². The van der Waals surface area contributed by atoms with Gasteiger partial charge in [0.1, 0.15) is 11.9 Å². The lowest BCUT2D eigenvalue weighted by Crippen LogP contribution is -2.22. The van der Waals surface area contributed by atoms with Crippen LogP contribution >= 0.6 is 0 Å². The van der Waals surface area contributed by atoms with E-state index >= 15 is 0 Å². The van der Waals surface area contributed by atoms with Crippen molar-refractivity contribution in [2.24, 2.45) is 0 Å². The summed E-state index contributed by atoms with van der Waals surface area (Å²) in [6.45, 7) is 1.60. The van der Waals surface area contributed by atoms with Crippen molar-refractivity contribution in [2.45, 2.75) is 6.10 Å². The average Bonchev–Trinajstić information content (AvgIpc) is 2.19. The Bertz CT molecular complexity index is 287. The summed E-state index contributed by atoms with van der Waals surface area (Å²) in [6.07, 6.45) is 1.22. The highest BCUT2D eigenvalue weighted by atomic mass is 19.1. The maximum absolute atomic E-state index is 12.8. The summed E-state index contributed by atoms with van der Waals surface area (Å²) in [6, 6.07) is 2.69. The van der Waals surface area contributed by atoms with Crippen LogP contribution in [0.4, 0.5) is 4.39 Å². The molecule has 1 saturated heterocycles. The van der Waals surface area contributed by atoms with E-state index in [9.17, 15) is 4.39 Å². The van der Waals surface area contributed by atoms with E-state index in [0.717, 1.165) is 0 Å². The highest BCUT2D eigenvalue weighted by molar-refractivity contribution is 5.09. The van der Waals surface area contributed by atoms with Crippen LogP contribution in [0.5, 0.6) is 0 Å². The third-order valence-electron chi connectivity index (χ3n) is 1.89. The van der Waals surface area contributed by atoms with Gasteiger partial charge >= 0.3 is 0 Å². The molecule has 0 spiro atoms. The summed E-state index contributed by atoms with van der Waals surface area (Å²) in [5.74, 6) is -0.292. The summed E-state index contributed by atoms with van der Waals surface area (Å²) >= 11 is 0. The molecule has 1 atom stereocenters. The Morgan fingerprint density at radius 2 is 2.38 bits per heavy atom. The standard InChI is InChI=1S/C9H10FNO2/c10-7-1-2-11-8(5-7)9-6-12-3-4-13-9/h1-2,5,9H,3-4,6H2. The Morgan fingerprint density at radius 1 is 1.46 bits per heavy atom. The second-order valence-electron chi connectivity index (χ2n) is 2.83. The predicted octanol–water partition coefficient (Wildman–Crippen LogP) is 1.31. The monoisotopic (exact) mass is 183 g/mol. The molecule has 4 heteroatoms. The van der Waals surface area contributed by atoms with Crippen LogP contribution in [-0.2, 0) is 9.47 Å². The van der Waals surface area contributed by atoms with Crippen molar-refractivity contribution in [1.82, 2.24) is 4.98 Å². The van der Waals surface area contributed by atoms with Crippen LogP contribution in [0.3, 0.4) is 0 Å². The molecule has 0 N–H and O–H groups in total. The first kappa shape index (κ1) is 8.59. The first-order valence-electron chi connectivity index (χ1n) is 4.17. The minimum Gasteiger partial charge on any atom is -0.376 e. The maximum Gasteiger partial charge on any atom is 0.126 e. The smallest absolute Gasteiger partial charge is 0.126 e. The van der Waals surface area contributed by atoms with E-state index in [1.165, 1.54) is 18.3 Å². The molecule has 0 aliphatic carbocycles. The van der Waals surface area contributed by atoms with Crippen molar-refractivity contribution < 1.29 is 13.9 Å². The Morgan fingerprint density at radius 3 is 3.08 bits per heavy atom. The van der Waals surface area contributed by atoms with Crippen LogP contribution in [-0.4, -0.2) is 24.8 Å². The quantitative estimate of drug-likeness (QED) is 0.657. The molecule has 1 fully saturated rings. The van der Waals surface area contributed by atoms with Gasteiger partial charge in [-0.3, -0.25) is 4.98 Å². The van der Waals surface area contributed by atoms with Gasteiger partial charge in [-0.25, -0.2) is 4.39 Å². The number of hydrogen-bond donors (Lipinski definition) is 0. The molecule has 0 radical (unpaired) electrons. The fraction of sp³-hybridized carbons (Fsp3) is 0.444. The van der Waals surface area contributed by atoms with Crippen molar-refractivity contribution in [1.29, 1.82) is 0 Å². The molecule has 13 heavy (non-hydrogen) atoms. The summed E-state index contributed by atoms with van der Waals surface area (Å²) in [5, 5.41) is 0. The Kier molecular flexibility index (Phi) is 2.52. The largest absolute Gasteiger partial charge is 0.376 e. The van der Waals surface area contributed by atoms with Crippen molar-refractivity contribution >= 4 is 0 Å². The SMILES string of the molecule is Fc1ccnc(C2COCCO2)c1. The van der Waals surface area contributed by atoms with E-state index in [1.807, 2.05) is 0 Å². The topological polar surface area (TPSA) is 31.4 Å². The van der Waals surface area contributed by atoms with Gasteiger partial charge in [0.15, 0.2) is 0 Å². The Balaban J connectivity index is 2.14. The molecule has 1 aromatic heterocycles. The molecule has 0 saturated carbocycles. The first-order valence-corrected chi connectivity index (χ1v) is 4.17. The Hall–Kier alpha value is -1.00. The van der Waals surface area contributed by atoms with E-state index in [1.54, 1.807) is 0 Å². The van der Waals surface area contributed by atoms with Crippen molar-refractivity contribution in [3.05, 3.63) is 29.8 Å². The summed E-state index contributed by atoms with van der Waals surface area (Å²) in [5.41, 5.74) is 0.597. The molecular formula is C9H10FNO2. The molecule has 1 unspecified atom stereocenters. The van der Waals surface area contributed by atoms with Gasteiger partial charge in [-0.2, -0.15) is 0 Å². The van der Waals surface area contributed by atoms with E-state index in [2.05, 4.69) is 4.98 Å². The molecule has 0 bridgehead atoms. The van der Waals surface area contributed by atoms with Gasteiger partial charge in [-0.15, -0.1) is 0 Å². The normalized spacial score (nSPS) is 23.0. The third-order valence-corrected chi connectivity index (χ3v) is 1.89. The lowest BCUT2D eigenvalue weighted by Gasteiger charge is -2.22. The predicted molar refractivity (Wildman–Crippen MR) is 43.7 cm³/mol. The van der Waals surface area contributed by atoms with Gasteiger partial charge in [0.2, 0.25) is 0 Å². The molecule has 70 valence electrons. The van der Waals surface area contributed by atoms with Crippen molar-refractivity contribution in [3.8, 4) is 0 Å². The van der Waals surface area contributed by atoms with Crippen LogP contribution in [0.2, 0.25) is 0 Å². The summed E-state index contributed by atoms with van der Waals surface area (Å²) < 4.78 is 23.3. The lowest BCUT2D eigenvalue weighted by atomic mass is 10.2. The molecule has 2 heterocycles. The fourth-order valence-electron chi connectivity index (χ4n) is 1.26. The van der Waals surface area contributed by atoms with Gasteiger partial charge in [-0.1, -0.05) is 0 Å². The van der Waals surface area contributed by atoms with Crippen LogP contribution in [0.15, 0.2) is 18.3 Å². The Labute approximate surface area is 75.5 Å². The summed E-state index contributed by atoms with van der Waals surface area (Å²) in [7, 11) is 0. The van der Waals surface area contributed by atoms with Gasteiger partial charge in [0.25, 0.3) is 0 Å². The van der Waals surface area contributed by atoms with Gasteiger partial charge in [0, 0.05) is 6.20 Å². The second kappa shape index (κ2) is 3.81. The second-order valence-corrected chi connectivity index (χ2v) is 2.83. The number of aromatic nitrogens is 1.